The summed E-state index contributed by atoms with van der Waals surface area (Å²) >= 11 is 0. The van der Waals surface area contributed by atoms with E-state index < -0.39 is 5.60 Å². The van der Waals surface area contributed by atoms with Gasteiger partial charge in [-0.05, 0) is 51.8 Å². The molecule has 8 nitrogen and oxygen atoms in total. The van der Waals surface area contributed by atoms with Crippen LogP contribution >= 0.6 is 0 Å². The average molecular weight is 445 g/mol. The molecule has 0 unspecified atom stereocenters. The minimum Gasteiger partial charge on any atom is -0.493 e. The van der Waals surface area contributed by atoms with E-state index in [0.717, 1.165) is 24.0 Å². The van der Waals surface area contributed by atoms with Crippen LogP contribution in [-0.4, -0.2) is 62.1 Å². The van der Waals surface area contributed by atoms with Gasteiger partial charge in [-0.2, -0.15) is 0 Å². The molecule has 0 N–H and O–H groups in total. The van der Waals surface area contributed by atoms with Crippen molar-refractivity contribution < 1.29 is 28.5 Å². The van der Waals surface area contributed by atoms with Crippen LogP contribution in [0, 0.1) is 0 Å². The van der Waals surface area contributed by atoms with Gasteiger partial charge in [0.1, 0.15) is 18.0 Å². The Kier molecular flexibility index (Phi) is 6.71. The van der Waals surface area contributed by atoms with Crippen LogP contribution in [0.15, 0.2) is 30.6 Å². The van der Waals surface area contributed by atoms with Crippen LogP contribution in [0.4, 0.5) is 4.79 Å². The Morgan fingerprint density at radius 3 is 2.31 bits per heavy atom. The van der Waals surface area contributed by atoms with Crippen molar-refractivity contribution >= 4 is 6.09 Å². The van der Waals surface area contributed by atoms with Crippen LogP contribution in [0.25, 0.3) is 11.1 Å². The van der Waals surface area contributed by atoms with E-state index in [9.17, 15) is 4.79 Å². The molecule has 32 heavy (non-hydrogen) atoms. The molecule has 0 saturated heterocycles. The molecule has 0 atom stereocenters. The number of likely N-dealkylation sites (N-methyl/N-ethyl adjacent to an activating group) is 1. The predicted octanol–water partition coefficient (Wildman–Crippen LogP) is 4.55. The highest BCUT2D eigenvalue weighted by molar-refractivity contribution is 5.76. The first-order chi connectivity index (χ1) is 15.1. The number of carbonyl (C=O) groups is 1. The maximum absolute atomic E-state index is 12.5. The van der Waals surface area contributed by atoms with Crippen LogP contribution in [0.2, 0.25) is 0 Å². The van der Waals surface area contributed by atoms with E-state index >= 15 is 0 Å². The standard InChI is InChI=1S/C24H32N2O6/c1-23(2,3)32-22(27)26(4)24(10-11-24)15-31-17-12-16(13-25-14-17)18-8-9-19(28-5)21(30-7)20(18)29-6/h8-9,12-14H,10-11,15H2,1-7H3. The van der Waals surface area contributed by atoms with E-state index in [1.54, 1.807) is 45.7 Å². The van der Waals surface area contributed by atoms with Crippen molar-refractivity contribution in [2.75, 3.05) is 35.0 Å². The van der Waals surface area contributed by atoms with Gasteiger partial charge in [0.05, 0.1) is 33.1 Å². The molecular weight excluding hydrogens is 412 g/mol. The first-order valence-corrected chi connectivity index (χ1v) is 10.5. The van der Waals surface area contributed by atoms with Gasteiger partial charge in [-0.25, -0.2) is 4.79 Å². The van der Waals surface area contributed by atoms with E-state index in [4.69, 9.17) is 23.7 Å². The normalized spacial score (nSPS) is 14.3. The Morgan fingerprint density at radius 2 is 1.75 bits per heavy atom. The van der Waals surface area contributed by atoms with Gasteiger partial charge in [0.2, 0.25) is 5.75 Å². The van der Waals surface area contributed by atoms with E-state index in [2.05, 4.69) is 4.98 Å². The summed E-state index contributed by atoms with van der Waals surface area (Å²) in [6.45, 7) is 5.92. The lowest BCUT2D eigenvalue weighted by Crippen LogP contribution is -2.45. The third-order valence-electron chi connectivity index (χ3n) is 5.44. The molecule has 0 radical (unpaired) electrons. The number of hydrogen-bond donors (Lipinski definition) is 0. The van der Waals surface area contributed by atoms with Crippen molar-refractivity contribution in [3.05, 3.63) is 30.6 Å². The lowest BCUT2D eigenvalue weighted by molar-refractivity contribution is 0.0139. The number of amides is 1. The Hall–Kier alpha value is -3.16. The quantitative estimate of drug-likeness (QED) is 0.591. The molecule has 8 heteroatoms. The van der Waals surface area contributed by atoms with Crippen molar-refractivity contribution in [3.8, 4) is 34.1 Å². The highest BCUT2D eigenvalue weighted by Crippen LogP contribution is 2.45. The summed E-state index contributed by atoms with van der Waals surface area (Å²) in [5.74, 6) is 2.24. The SMILES string of the molecule is COc1ccc(-c2cncc(OCC3(N(C)C(=O)OC(C)(C)C)CC3)c2)c(OC)c1OC. The number of aromatic nitrogens is 1. The monoisotopic (exact) mass is 444 g/mol. The molecule has 1 amide bonds. The fraction of sp³-hybridized carbons (Fsp3) is 0.500. The van der Waals surface area contributed by atoms with Crippen LogP contribution in [0.5, 0.6) is 23.0 Å². The van der Waals surface area contributed by atoms with Crippen LogP contribution in [0.1, 0.15) is 33.6 Å². The topological polar surface area (TPSA) is 79.4 Å². The molecule has 2 aromatic rings. The van der Waals surface area contributed by atoms with Crippen molar-refractivity contribution in [1.82, 2.24) is 9.88 Å². The van der Waals surface area contributed by atoms with E-state index in [-0.39, 0.29) is 11.6 Å². The maximum Gasteiger partial charge on any atom is 0.410 e. The highest BCUT2D eigenvalue weighted by Gasteiger charge is 2.50. The molecule has 174 valence electrons. The molecule has 0 bridgehead atoms. The predicted molar refractivity (Wildman–Crippen MR) is 121 cm³/mol. The Labute approximate surface area is 189 Å². The average Bonchev–Trinajstić information content (AvgIpc) is 3.56. The van der Waals surface area contributed by atoms with Gasteiger partial charge in [0.25, 0.3) is 0 Å². The lowest BCUT2D eigenvalue weighted by atomic mass is 10.1. The number of benzene rings is 1. The summed E-state index contributed by atoms with van der Waals surface area (Å²) < 4.78 is 28.0. The number of pyridine rings is 1. The van der Waals surface area contributed by atoms with Crippen LogP contribution in [-0.2, 0) is 4.74 Å². The fourth-order valence-corrected chi connectivity index (χ4v) is 3.44. The van der Waals surface area contributed by atoms with Crippen molar-refractivity contribution in [2.45, 2.75) is 44.8 Å². The number of ether oxygens (including phenoxy) is 5. The molecule has 1 aromatic heterocycles. The summed E-state index contributed by atoms with van der Waals surface area (Å²) in [6, 6.07) is 5.60. The van der Waals surface area contributed by atoms with E-state index in [1.807, 2.05) is 39.0 Å². The second kappa shape index (κ2) is 9.14. The zero-order valence-electron chi connectivity index (χ0n) is 19.9. The number of methoxy groups -OCH3 is 3. The van der Waals surface area contributed by atoms with Gasteiger partial charge in [-0.3, -0.25) is 4.98 Å². The van der Waals surface area contributed by atoms with E-state index in [0.29, 0.717) is 29.6 Å². The Balaban J connectivity index is 1.78. The second-order valence-corrected chi connectivity index (χ2v) is 8.84. The summed E-state index contributed by atoms with van der Waals surface area (Å²) in [4.78, 5) is 18.5. The largest absolute Gasteiger partial charge is 0.493 e. The molecule has 1 heterocycles. The van der Waals surface area contributed by atoms with E-state index in [1.165, 1.54) is 0 Å². The van der Waals surface area contributed by atoms with Gasteiger partial charge in [-0.15, -0.1) is 0 Å². The van der Waals surface area contributed by atoms with Gasteiger partial charge in [-0.1, -0.05) is 0 Å². The van der Waals surface area contributed by atoms with Crippen molar-refractivity contribution in [2.24, 2.45) is 0 Å². The van der Waals surface area contributed by atoms with Gasteiger partial charge < -0.3 is 28.6 Å². The third kappa shape index (κ3) is 5.00. The summed E-state index contributed by atoms with van der Waals surface area (Å²) in [5.41, 5.74) is 0.707. The van der Waals surface area contributed by atoms with Crippen molar-refractivity contribution in [3.63, 3.8) is 0 Å². The number of hydrogen-bond acceptors (Lipinski definition) is 7. The third-order valence-corrected chi connectivity index (χ3v) is 5.44. The molecule has 1 fully saturated rings. The lowest BCUT2D eigenvalue weighted by Gasteiger charge is -2.30. The van der Waals surface area contributed by atoms with Crippen LogP contribution < -0.4 is 18.9 Å². The molecule has 0 aliphatic heterocycles. The zero-order valence-corrected chi connectivity index (χ0v) is 19.9. The number of carbonyl (C=O) groups excluding carboxylic acids is 1. The fourth-order valence-electron chi connectivity index (χ4n) is 3.44. The molecule has 1 aliphatic rings. The maximum atomic E-state index is 12.5. The van der Waals surface area contributed by atoms with Gasteiger partial charge in [0.15, 0.2) is 11.5 Å². The minimum atomic E-state index is -0.543. The van der Waals surface area contributed by atoms with Gasteiger partial charge in [0, 0.05) is 24.4 Å². The highest BCUT2D eigenvalue weighted by atomic mass is 16.6. The Bertz CT molecular complexity index is 965. The molecule has 1 saturated carbocycles. The minimum absolute atomic E-state index is 0.347. The smallest absolute Gasteiger partial charge is 0.410 e. The number of nitrogens with zero attached hydrogens (tertiary/aromatic N) is 2. The summed E-state index contributed by atoms with van der Waals surface area (Å²) in [5, 5.41) is 0. The molecular formula is C24H32N2O6. The summed E-state index contributed by atoms with van der Waals surface area (Å²) in [7, 11) is 6.48. The molecule has 3 rings (SSSR count). The Morgan fingerprint density at radius 1 is 1.06 bits per heavy atom. The zero-order chi connectivity index (χ0) is 23.5. The number of rotatable bonds is 8. The second-order valence-electron chi connectivity index (χ2n) is 8.84. The van der Waals surface area contributed by atoms with Gasteiger partial charge >= 0.3 is 6.09 Å². The molecule has 0 spiro atoms. The molecule has 1 aromatic carbocycles. The van der Waals surface area contributed by atoms with Crippen molar-refractivity contribution in [1.29, 1.82) is 0 Å². The summed E-state index contributed by atoms with van der Waals surface area (Å²) in [6.07, 6.45) is 4.76. The first-order valence-electron chi connectivity index (χ1n) is 10.5. The van der Waals surface area contributed by atoms with Crippen LogP contribution in [0.3, 0.4) is 0 Å². The first kappa shape index (κ1) is 23.5. The molecule has 1 aliphatic carbocycles.